The second-order valence-corrected chi connectivity index (χ2v) is 6.28. The van der Waals surface area contributed by atoms with Crippen molar-refractivity contribution >= 4 is 30.0 Å². The summed E-state index contributed by atoms with van der Waals surface area (Å²) in [5.41, 5.74) is 8.13. The first-order valence-electron chi connectivity index (χ1n) is 8.88. The highest BCUT2D eigenvalue weighted by atomic mass is 35.5. The van der Waals surface area contributed by atoms with Crippen molar-refractivity contribution in [3.8, 4) is 0 Å². The van der Waals surface area contributed by atoms with Gasteiger partial charge in [0.2, 0.25) is 0 Å². The van der Waals surface area contributed by atoms with Crippen molar-refractivity contribution in [1.29, 1.82) is 0 Å². The van der Waals surface area contributed by atoms with E-state index in [1.807, 2.05) is 47.4 Å². The number of carbonyl (C=O) groups is 2. The molecular formula is C20H25ClN4O2. The van der Waals surface area contributed by atoms with Gasteiger partial charge in [-0.1, -0.05) is 30.3 Å². The predicted molar refractivity (Wildman–Crippen MR) is 109 cm³/mol. The Hall–Kier alpha value is -2.57. The molecular weight excluding hydrogens is 364 g/mol. The monoisotopic (exact) mass is 388 g/mol. The molecule has 1 aliphatic rings. The number of carbonyl (C=O) groups excluding carboxylic acids is 2. The number of hydrogen-bond acceptors (Lipinski definition) is 3. The van der Waals surface area contributed by atoms with Crippen LogP contribution in [0.2, 0.25) is 0 Å². The van der Waals surface area contributed by atoms with E-state index in [-0.39, 0.29) is 24.3 Å². The smallest absolute Gasteiger partial charge is 0.321 e. The summed E-state index contributed by atoms with van der Waals surface area (Å²) in [7, 11) is 0. The average molecular weight is 389 g/mol. The van der Waals surface area contributed by atoms with E-state index < -0.39 is 0 Å². The molecule has 0 atom stereocenters. The van der Waals surface area contributed by atoms with Gasteiger partial charge in [0.1, 0.15) is 0 Å². The van der Waals surface area contributed by atoms with Crippen molar-refractivity contribution in [2.75, 3.05) is 31.1 Å². The van der Waals surface area contributed by atoms with Crippen LogP contribution in [0.25, 0.3) is 0 Å². The molecule has 3 amide bonds. The fraction of sp³-hybridized carbons (Fsp3) is 0.300. The van der Waals surface area contributed by atoms with Crippen LogP contribution < -0.4 is 16.0 Å². The summed E-state index contributed by atoms with van der Waals surface area (Å²) in [5, 5.41) is 2.77. The van der Waals surface area contributed by atoms with Gasteiger partial charge in [-0.25, -0.2) is 4.79 Å². The van der Waals surface area contributed by atoms with Crippen molar-refractivity contribution in [2.24, 2.45) is 5.73 Å². The van der Waals surface area contributed by atoms with Crippen LogP contribution in [-0.4, -0.2) is 43.0 Å². The van der Waals surface area contributed by atoms with Crippen LogP contribution in [-0.2, 0) is 6.54 Å². The Bertz CT molecular complexity index is 752. The molecule has 3 N–H and O–H groups in total. The van der Waals surface area contributed by atoms with Gasteiger partial charge in [-0.3, -0.25) is 9.69 Å². The van der Waals surface area contributed by atoms with Crippen LogP contribution in [0.5, 0.6) is 0 Å². The van der Waals surface area contributed by atoms with Crippen LogP contribution in [0.3, 0.4) is 0 Å². The van der Waals surface area contributed by atoms with Gasteiger partial charge in [-0.05, 0) is 42.8 Å². The molecule has 2 aromatic carbocycles. The number of urea groups is 1. The standard InChI is InChI=1S/C20H24N4O2.ClH/c21-11-4-13-23(15-16-5-2-1-3-6-16)19(25)17-7-9-18(10-8-17)24-14-12-22-20(24)26;/h1-3,5-10H,4,11-15,21H2,(H,22,26);1H. The first kappa shape index (κ1) is 20.7. The number of hydrogen-bond donors (Lipinski definition) is 2. The van der Waals surface area contributed by atoms with Gasteiger partial charge >= 0.3 is 6.03 Å². The molecule has 27 heavy (non-hydrogen) atoms. The lowest BCUT2D eigenvalue weighted by atomic mass is 10.1. The van der Waals surface area contributed by atoms with E-state index >= 15 is 0 Å². The molecule has 0 radical (unpaired) electrons. The number of nitrogens with one attached hydrogen (secondary N) is 1. The number of benzene rings is 2. The molecule has 0 unspecified atom stereocenters. The SMILES string of the molecule is Cl.NCCCN(Cc1ccccc1)C(=O)c1ccc(N2CCNC2=O)cc1. The molecule has 1 aliphatic heterocycles. The maximum atomic E-state index is 12.9. The summed E-state index contributed by atoms with van der Waals surface area (Å²) < 4.78 is 0. The van der Waals surface area contributed by atoms with Gasteiger partial charge < -0.3 is 16.0 Å². The maximum absolute atomic E-state index is 12.9. The summed E-state index contributed by atoms with van der Waals surface area (Å²) >= 11 is 0. The minimum absolute atomic E-state index is 0. The Morgan fingerprint density at radius 2 is 1.81 bits per heavy atom. The highest BCUT2D eigenvalue weighted by Crippen LogP contribution is 2.19. The van der Waals surface area contributed by atoms with Gasteiger partial charge in [-0.2, -0.15) is 0 Å². The molecule has 1 heterocycles. The number of nitrogens with two attached hydrogens (primary N) is 1. The molecule has 2 aromatic rings. The summed E-state index contributed by atoms with van der Waals surface area (Å²) in [6, 6.07) is 17.0. The van der Waals surface area contributed by atoms with Crippen LogP contribution in [0.1, 0.15) is 22.3 Å². The third kappa shape index (κ3) is 5.21. The van der Waals surface area contributed by atoms with Crippen molar-refractivity contribution in [3.63, 3.8) is 0 Å². The highest BCUT2D eigenvalue weighted by Gasteiger charge is 2.22. The number of rotatable bonds is 7. The Labute approximate surface area is 165 Å². The second-order valence-electron chi connectivity index (χ2n) is 6.28. The molecule has 1 fully saturated rings. The van der Waals surface area contributed by atoms with E-state index in [2.05, 4.69) is 5.32 Å². The fourth-order valence-electron chi connectivity index (χ4n) is 3.02. The highest BCUT2D eigenvalue weighted by molar-refractivity contribution is 5.97. The predicted octanol–water partition coefficient (Wildman–Crippen LogP) is 2.63. The summed E-state index contributed by atoms with van der Waals surface area (Å²) in [6.07, 6.45) is 0.755. The van der Waals surface area contributed by atoms with E-state index in [9.17, 15) is 9.59 Å². The minimum atomic E-state index is -0.0993. The molecule has 6 nitrogen and oxygen atoms in total. The number of amides is 3. The number of anilines is 1. The lowest BCUT2D eigenvalue weighted by Crippen LogP contribution is -2.32. The van der Waals surface area contributed by atoms with Gasteiger partial charge in [-0.15, -0.1) is 12.4 Å². The van der Waals surface area contributed by atoms with Crippen LogP contribution in [0.15, 0.2) is 54.6 Å². The fourth-order valence-corrected chi connectivity index (χ4v) is 3.02. The molecule has 0 spiro atoms. The van der Waals surface area contributed by atoms with Crippen LogP contribution in [0, 0.1) is 0 Å². The van der Waals surface area contributed by atoms with Crippen molar-refractivity contribution in [2.45, 2.75) is 13.0 Å². The largest absolute Gasteiger partial charge is 0.336 e. The Morgan fingerprint density at radius 3 is 2.41 bits per heavy atom. The summed E-state index contributed by atoms with van der Waals surface area (Å²) in [6.45, 7) is 2.99. The lowest BCUT2D eigenvalue weighted by Gasteiger charge is -2.23. The zero-order chi connectivity index (χ0) is 18.4. The van der Waals surface area contributed by atoms with Crippen LogP contribution in [0.4, 0.5) is 10.5 Å². The molecule has 0 saturated carbocycles. The zero-order valence-electron chi connectivity index (χ0n) is 15.1. The molecule has 0 aliphatic carbocycles. The van der Waals surface area contributed by atoms with E-state index in [1.165, 1.54) is 0 Å². The Kier molecular flexibility index (Phi) is 7.64. The Balaban J connectivity index is 0.00000261. The first-order valence-corrected chi connectivity index (χ1v) is 8.88. The second kappa shape index (κ2) is 9.94. The van der Waals surface area contributed by atoms with Crippen LogP contribution >= 0.6 is 12.4 Å². The van der Waals surface area contributed by atoms with Gasteiger partial charge in [0.15, 0.2) is 0 Å². The first-order chi connectivity index (χ1) is 12.7. The third-order valence-corrected chi connectivity index (χ3v) is 4.42. The zero-order valence-corrected chi connectivity index (χ0v) is 16.0. The minimum Gasteiger partial charge on any atom is -0.336 e. The Morgan fingerprint density at radius 1 is 1.11 bits per heavy atom. The van der Waals surface area contributed by atoms with E-state index in [4.69, 9.17) is 5.73 Å². The van der Waals surface area contributed by atoms with Gasteiger partial charge in [0, 0.05) is 37.4 Å². The van der Waals surface area contributed by atoms with Gasteiger partial charge in [0.05, 0.1) is 0 Å². The lowest BCUT2D eigenvalue weighted by molar-refractivity contribution is 0.0742. The van der Waals surface area contributed by atoms with Crippen molar-refractivity contribution < 1.29 is 9.59 Å². The van der Waals surface area contributed by atoms with Crippen molar-refractivity contribution in [3.05, 3.63) is 65.7 Å². The van der Waals surface area contributed by atoms with Crippen molar-refractivity contribution in [1.82, 2.24) is 10.2 Å². The molecule has 0 aromatic heterocycles. The number of nitrogens with zero attached hydrogens (tertiary/aromatic N) is 2. The van der Waals surface area contributed by atoms with E-state index in [0.29, 0.717) is 38.3 Å². The van der Waals surface area contributed by atoms with E-state index in [0.717, 1.165) is 17.7 Å². The number of halogens is 1. The quantitative estimate of drug-likeness (QED) is 0.765. The van der Waals surface area contributed by atoms with Gasteiger partial charge in [0.25, 0.3) is 5.91 Å². The maximum Gasteiger partial charge on any atom is 0.321 e. The molecule has 7 heteroatoms. The molecule has 0 bridgehead atoms. The summed E-state index contributed by atoms with van der Waals surface area (Å²) in [5.74, 6) is -0.0280. The molecule has 144 valence electrons. The molecule has 1 saturated heterocycles. The van der Waals surface area contributed by atoms with E-state index in [1.54, 1.807) is 17.0 Å². The molecule has 3 rings (SSSR count). The topological polar surface area (TPSA) is 78.7 Å². The average Bonchev–Trinajstić information content (AvgIpc) is 3.11. The summed E-state index contributed by atoms with van der Waals surface area (Å²) in [4.78, 5) is 28.2. The normalized spacial score (nSPS) is 13.1. The third-order valence-electron chi connectivity index (χ3n) is 4.42.